The predicted molar refractivity (Wildman–Crippen MR) is 84.1 cm³/mol. The molecule has 0 atom stereocenters. The quantitative estimate of drug-likeness (QED) is 0.791. The number of aryl methyl sites for hydroxylation is 1. The van der Waals surface area contributed by atoms with Gasteiger partial charge in [-0.3, -0.25) is 0 Å². The molecule has 0 saturated heterocycles. The van der Waals surface area contributed by atoms with Crippen molar-refractivity contribution in [3.8, 4) is 5.75 Å². The van der Waals surface area contributed by atoms with Crippen LogP contribution >= 0.6 is 0 Å². The van der Waals surface area contributed by atoms with Gasteiger partial charge in [0.1, 0.15) is 10.6 Å². The topological polar surface area (TPSA) is 89.6 Å². The average Bonchev–Trinajstić information content (AvgIpc) is 2.49. The maximum Gasteiger partial charge on any atom is 0.339 e. The molecule has 6 heteroatoms. The van der Waals surface area contributed by atoms with Gasteiger partial charge in [0.15, 0.2) is 0 Å². The fraction of sp³-hybridized carbons (Fsp3) is 0.250. The first-order valence-corrected chi connectivity index (χ1v) is 8.31. The van der Waals surface area contributed by atoms with Crippen LogP contribution in [0.25, 0.3) is 0 Å². The maximum atomic E-state index is 12.3. The van der Waals surface area contributed by atoms with Gasteiger partial charge in [0.25, 0.3) is 0 Å². The number of aliphatic hydroxyl groups is 1. The summed E-state index contributed by atoms with van der Waals surface area (Å²) in [6, 6.07) is 11.4. The van der Waals surface area contributed by atoms with Crippen LogP contribution in [0.4, 0.5) is 0 Å². The second-order valence-corrected chi connectivity index (χ2v) is 6.54. The summed E-state index contributed by atoms with van der Waals surface area (Å²) >= 11 is 0. The first kappa shape index (κ1) is 16.5. The standard InChI is InChI=1S/C16H19NO4S/c1-12-2-5-15(6-3-12)22(19,20)21-16-7-4-13(8-9-17)10-14(16)11-18/h2-7,10,18H,8-9,11,17H2,1H3. The van der Waals surface area contributed by atoms with Crippen molar-refractivity contribution in [2.24, 2.45) is 5.73 Å². The molecule has 5 nitrogen and oxygen atoms in total. The largest absolute Gasteiger partial charge is 0.392 e. The third-order valence-electron chi connectivity index (χ3n) is 3.24. The molecule has 0 aliphatic carbocycles. The van der Waals surface area contributed by atoms with E-state index < -0.39 is 10.1 Å². The summed E-state index contributed by atoms with van der Waals surface area (Å²) in [7, 11) is -3.92. The summed E-state index contributed by atoms with van der Waals surface area (Å²) in [6.45, 7) is 2.04. The van der Waals surface area contributed by atoms with Crippen molar-refractivity contribution in [3.63, 3.8) is 0 Å². The van der Waals surface area contributed by atoms with Crippen LogP contribution in [-0.4, -0.2) is 20.1 Å². The van der Waals surface area contributed by atoms with Gasteiger partial charge in [0.2, 0.25) is 0 Å². The minimum Gasteiger partial charge on any atom is -0.392 e. The summed E-state index contributed by atoms with van der Waals surface area (Å²) in [4.78, 5) is 0.0769. The number of rotatable bonds is 6. The van der Waals surface area contributed by atoms with Crippen molar-refractivity contribution in [3.05, 3.63) is 59.2 Å². The summed E-state index contributed by atoms with van der Waals surface area (Å²) in [5.74, 6) is 0.129. The van der Waals surface area contributed by atoms with Gasteiger partial charge >= 0.3 is 10.1 Å². The molecule has 2 aromatic carbocycles. The smallest absolute Gasteiger partial charge is 0.339 e. The zero-order valence-electron chi connectivity index (χ0n) is 12.3. The summed E-state index contributed by atoms with van der Waals surface area (Å²) in [5, 5.41) is 9.41. The van der Waals surface area contributed by atoms with Crippen LogP contribution in [-0.2, 0) is 23.1 Å². The van der Waals surface area contributed by atoms with Gasteiger partial charge in [0.05, 0.1) is 6.61 Å². The lowest BCUT2D eigenvalue weighted by atomic mass is 10.1. The van der Waals surface area contributed by atoms with E-state index in [1.165, 1.54) is 12.1 Å². The molecule has 118 valence electrons. The van der Waals surface area contributed by atoms with Crippen molar-refractivity contribution in [2.75, 3.05) is 6.54 Å². The Morgan fingerprint density at radius 3 is 2.41 bits per heavy atom. The molecular formula is C16H19NO4S. The van der Waals surface area contributed by atoms with E-state index in [9.17, 15) is 13.5 Å². The minimum atomic E-state index is -3.92. The van der Waals surface area contributed by atoms with Crippen LogP contribution in [0.3, 0.4) is 0 Å². The second-order valence-electron chi connectivity index (χ2n) is 4.99. The molecule has 0 fully saturated rings. The first-order chi connectivity index (χ1) is 10.5. The van der Waals surface area contributed by atoms with E-state index in [0.717, 1.165) is 11.1 Å². The molecule has 0 bridgehead atoms. The second kappa shape index (κ2) is 6.91. The Balaban J connectivity index is 2.31. The molecule has 0 saturated carbocycles. The van der Waals surface area contributed by atoms with Crippen LogP contribution < -0.4 is 9.92 Å². The third kappa shape index (κ3) is 3.85. The summed E-state index contributed by atoms with van der Waals surface area (Å²) in [6.07, 6.45) is 0.651. The fourth-order valence-electron chi connectivity index (χ4n) is 2.03. The van der Waals surface area contributed by atoms with Gasteiger partial charge in [-0.15, -0.1) is 0 Å². The first-order valence-electron chi connectivity index (χ1n) is 6.90. The van der Waals surface area contributed by atoms with Crippen molar-refractivity contribution in [2.45, 2.75) is 24.8 Å². The van der Waals surface area contributed by atoms with Crippen LogP contribution in [0.5, 0.6) is 5.75 Å². The van der Waals surface area contributed by atoms with Gasteiger partial charge < -0.3 is 15.0 Å². The normalized spacial score (nSPS) is 11.4. The van der Waals surface area contributed by atoms with Crippen LogP contribution in [0.1, 0.15) is 16.7 Å². The molecule has 0 unspecified atom stereocenters. The van der Waals surface area contributed by atoms with Crippen molar-refractivity contribution in [1.82, 2.24) is 0 Å². The van der Waals surface area contributed by atoms with Crippen LogP contribution in [0, 0.1) is 6.92 Å². The van der Waals surface area contributed by atoms with Crippen LogP contribution in [0.15, 0.2) is 47.4 Å². The zero-order valence-corrected chi connectivity index (χ0v) is 13.1. The molecule has 0 heterocycles. The number of hydrogen-bond acceptors (Lipinski definition) is 5. The Morgan fingerprint density at radius 1 is 1.14 bits per heavy atom. The van der Waals surface area contributed by atoms with Gasteiger partial charge in [-0.2, -0.15) is 8.42 Å². The molecule has 2 rings (SSSR count). The third-order valence-corrected chi connectivity index (χ3v) is 4.49. The van der Waals surface area contributed by atoms with E-state index in [-0.39, 0.29) is 17.3 Å². The molecule has 0 spiro atoms. The minimum absolute atomic E-state index is 0.0769. The molecular weight excluding hydrogens is 302 g/mol. The van der Waals surface area contributed by atoms with Crippen molar-refractivity contribution in [1.29, 1.82) is 0 Å². The van der Waals surface area contributed by atoms with E-state index in [2.05, 4.69) is 0 Å². The molecule has 22 heavy (non-hydrogen) atoms. The molecule has 0 aliphatic rings. The molecule has 2 aromatic rings. The summed E-state index contributed by atoms with van der Waals surface area (Å²) < 4.78 is 29.7. The van der Waals surface area contributed by atoms with E-state index in [0.29, 0.717) is 18.5 Å². The molecule has 0 amide bonds. The van der Waals surface area contributed by atoms with Crippen LogP contribution in [0.2, 0.25) is 0 Å². The fourth-order valence-corrected chi connectivity index (χ4v) is 3.00. The lowest BCUT2D eigenvalue weighted by Crippen LogP contribution is -2.11. The highest BCUT2D eigenvalue weighted by Gasteiger charge is 2.18. The number of nitrogens with two attached hydrogens (primary N) is 1. The highest BCUT2D eigenvalue weighted by atomic mass is 32.2. The van der Waals surface area contributed by atoms with Crippen molar-refractivity contribution >= 4 is 10.1 Å². The monoisotopic (exact) mass is 321 g/mol. The zero-order chi connectivity index (χ0) is 16.2. The Labute approximate surface area is 130 Å². The van der Waals surface area contributed by atoms with E-state index in [1.54, 1.807) is 30.3 Å². The highest BCUT2D eigenvalue weighted by Crippen LogP contribution is 2.25. The number of benzene rings is 2. The van der Waals surface area contributed by atoms with Gasteiger partial charge in [-0.1, -0.05) is 23.8 Å². The van der Waals surface area contributed by atoms with Crippen molar-refractivity contribution < 1.29 is 17.7 Å². The molecule has 3 N–H and O–H groups in total. The Bertz CT molecular complexity index is 739. The Kier molecular flexibility index (Phi) is 5.18. The summed E-state index contributed by atoms with van der Waals surface area (Å²) in [5.41, 5.74) is 7.79. The Hall–Kier alpha value is -1.89. The van der Waals surface area contributed by atoms with Gasteiger partial charge in [-0.25, -0.2) is 0 Å². The lowest BCUT2D eigenvalue weighted by Gasteiger charge is -2.12. The number of hydrogen-bond donors (Lipinski definition) is 2. The molecule has 0 radical (unpaired) electrons. The van der Waals surface area contributed by atoms with E-state index in [4.69, 9.17) is 9.92 Å². The lowest BCUT2D eigenvalue weighted by molar-refractivity contribution is 0.278. The molecule has 0 aliphatic heterocycles. The highest BCUT2D eigenvalue weighted by molar-refractivity contribution is 7.87. The van der Waals surface area contributed by atoms with Gasteiger partial charge in [0, 0.05) is 5.56 Å². The van der Waals surface area contributed by atoms with Gasteiger partial charge in [-0.05, 0) is 49.7 Å². The molecule has 0 aromatic heterocycles. The average molecular weight is 321 g/mol. The maximum absolute atomic E-state index is 12.3. The predicted octanol–water partition coefficient (Wildman–Crippen LogP) is 1.76. The number of aliphatic hydroxyl groups excluding tert-OH is 1. The SMILES string of the molecule is Cc1ccc(S(=O)(=O)Oc2ccc(CCN)cc2CO)cc1. The Morgan fingerprint density at radius 2 is 1.82 bits per heavy atom. The van der Waals surface area contributed by atoms with E-state index in [1.807, 2.05) is 6.92 Å². The van der Waals surface area contributed by atoms with E-state index >= 15 is 0 Å².